The topological polar surface area (TPSA) is 44.4 Å². The Labute approximate surface area is 115 Å². The van der Waals surface area contributed by atoms with Crippen molar-refractivity contribution in [2.24, 2.45) is 0 Å². The number of likely N-dealkylation sites (tertiary alicyclic amines) is 1. The third-order valence-corrected chi connectivity index (χ3v) is 3.70. The first kappa shape index (κ1) is 13.9. The fourth-order valence-electron chi connectivity index (χ4n) is 2.59. The lowest BCUT2D eigenvalue weighted by atomic mass is 10.2. The second kappa shape index (κ2) is 7.14. The van der Waals surface area contributed by atoms with Crippen molar-refractivity contribution in [3.05, 3.63) is 35.9 Å². The summed E-state index contributed by atoms with van der Waals surface area (Å²) in [6.07, 6.45) is 2.43. The fraction of sp³-hybridized carbons (Fsp3) is 0.533. The first-order chi connectivity index (χ1) is 9.29. The zero-order valence-electron chi connectivity index (χ0n) is 11.6. The molecule has 0 aromatic heterocycles. The van der Waals surface area contributed by atoms with E-state index in [-0.39, 0.29) is 6.03 Å². The normalized spacial score (nSPS) is 19.3. The molecule has 1 heterocycles. The van der Waals surface area contributed by atoms with Crippen LogP contribution in [0.3, 0.4) is 0 Å². The molecule has 2 N–H and O–H groups in total. The van der Waals surface area contributed by atoms with Crippen LogP contribution in [0.2, 0.25) is 0 Å². The lowest BCUT2D eigenvalue weighted by molar-refractivity contribution is 0.228. The predicted molar refractivity (Wildman–Crippen MR) is 76.9 cm³/mol. The van der Waals surface area contributed by atoms with Crippen molar-refractivity contribution in [2.75, 3.05) is 19.6 Å². The largest absolute Gasteiger partial charge is 0.337 e. The van der Waals surface area contributed by atoms with Gasteiger partial charge in [0, 0.05) is 19.1 Å². The Bertz CT molecular complexity index is 394. The quantitative estimate of drug-likeness (QED) is 0.851. The van der Waals surface area contributed by atoms with Crippen molar-refractivity contribution in [3.63, 3.8) is 0 Å². The molecule has 19 heavy (non-hydrogen) atoms. The summed E-state index contributed by atoms with van der Waals surface area (Å²) in [6.45, 7) is 5.73. The van der Waals surface area contributed by atoms with E-state index < -0.39 is 0 Å². The van der Waals surface area contributed by atoms with Crippen molar-refractivity contribution in [1.82, 2.24) is 15.5 Å². The van der Waals surface area contributed by atoms with Crippen molar-refractivity contribution in [2.45, 2.75) is 32.4 Å². The number of hydrogen-bond donors (Lipinski definition) is 2. The van der Waals surface area contributed by atoms with Crippen LogP contribution in [0, 0.1) is 0 Å². The SMILES string of the molecule is CCN1CCCC1CNC(=O)NCc1ccccc1. The molecule has 1 aliphatic rings. The number of carbonyl (C=O) groups is 1. The number of likely N-dealkylation sites (N-methyl/N-ethyl adjacent to an activating group) is 1. The maximum atomic E-state index is 11.7. The highest BCUT2D eigenvalue weighted by molar-refractivity contribution is 5.73. The number of nitrogens with one attached hydrogen (secondary N) is 2. The minimum atomic E-state index is -0.0770. The molecule has 104 valence electrons. The van der Waals surface area contributed by atoms with E-state index in [1.54, 1.807) is 0 Å². The number of amides is 2. The Kier molecular flexibility index (Phi) is 5.21. The standard InChI is InChI=1S/C15H23N3O/c1-2-18-10-6-9-14(18)12-17-15(19)16-11-13-7-4-3-5-8-13/h3-5,7-8,14H,2,6,9-12H2,1H3,(H2,16,17,19). The molecule has 2 rings (SSSR count). The number of urea groups is 1. The van der Waals surface area contributed by atoms with Crippen molar-refractivity contribution in [1.29, 1.82) is 0 Å². The van der Waals surface area contributed by atoms with E-state index >= 15 is 0 Å². The summed E-state index contributed by atoms with van der Waals surface area (Å²) in [5.41, 5.74) is 1.12. The zero-order valence-corrected chi connectivity index (χ0v) is 11.6. The summed E-state index contributed by atoms with van der Waals surface area (Å²) in [5, 5.41) is 5.85. The van der Waals surface area contributed by atoms with Crippen LogP contribution in [0.4, 0.5) is 4.79 Å². The van der Waals surface area contributed by atoms with Crippen LogP contribution in [-0.2, 0) is 6.54 Å². The zero-order chi connectivity index (χ0) is 13.5. The number of rotatable bonds is 5. The van der Waals surface area contributed by atoms with Gasteiger partial charge in [-0.15, -0.1) is 0 Å². The Morgan fingerprint density at radius 1 is 1.32 bits per heavy atom. The molecule has 4 heteroatoms. The van der Waals surface area contributed by atoms with Gasteiger partial charge in [-0.2, -0.15) is 0 Å². The van der Waals surface area contributed by atoms with E-state index in [4.69, 9.17) is 0 Å². The molecule has 0 spiro atoms. The van der Waals surface area contributed by atoms with Gasteiger partial charge in [0.05, 0.1) is 0 Å². The Morgan fingerprint density at radius 3 is 2.84 bits per heavy atom. The number of carbonyl (C=O) groups excluding carboxylic acids is 1. The van der Waals surface area contributed by atoms with Crippen molar-refractivity contribution >= 4 is 6.03 Å². The van der Waals surface area contributed by atoms with Gasteiger partial charge in [0.2, 0.25) is 0 Å². The molecule has 0 bridgehead atoms. The average molecular weight is 261 g/mol. The highest BCUT2D eigenvalue weighted by atomic mass is 16.2. The number of nitrogens with zero attached hydrogens (tertiary/aromatic N) is 1. The van der Waals surface area contributed by atoms with Gasteiger partial charge in [0.25, 0.3) is 0 Å². The minimum absolute atomic E-state index is 0.0770. The summed E-state index contributed by atoms with van der Waals surface area (Å²) in [6, 6.07) is 10.4. The minimum Gasteiger partial charge on any atom is -0.337 e. The number of benzene rings is 1. The van der Waals surface area contributed by atoms with Gasteiger partial charge in [0.15, 0.2) is 0 Å². The molecule has 1 aromatic carbocycles. The van der Waals surface area contributed by atoms with E-state index in [1.165, 1.54) is 12.8 Å². The highest BCUT2D eigenvalue weighted by Gasteiger charge is 2.22. The second-order valence-corrected chi connectivity index (χ2v) is 4.97. The fourth-order valence-corrected chi connectivity index (χ4v) is 2.59. The lowest BCUT2D eigenvalue weighted by Gasteiger charge is -2.22. The summed E-state index contributed by atoms with van der Waals surface area (Å²) in [5.74, 6) is 0. The maximum absolute atomic E-state index is 11.7. The van der Waals surface area contributed by atoms with Gasteiger partial charge < -0.3 is 10.6 Å². The second-order valence-electron chi connectivity index (χ2n) is 4.97. The van der Waals surface area contributed by atoms with Crippen LogP contribution in [0.15, 0.2) is 30.3 Å². The first-order valence-electron chi connectivity index (χ1n) is 7.09. The highest BCUT2D eigenvalue weighted by Crippen LogP contribution is 2.15. The summed E-state index contributed by atoms with van der Waals surface area (Å²) in [4.78, 5) is 14.2. The molecule has 1 aliphatic heterocycles. The van der Waals surface area contributed by atoms with E-state index in [0.717, 1.165) is 25.2 Å². The van der Waals surface area contributed by atoms with Crippen LogP contribution < -0.4 is 10.6 Å². The van der Waals surface area contributed by atoms with Crippen molar-refractivity contribution in [3.8, 4) is 0 Å². The predicted octanol–water partition coefficient (Wildman–Crippen LogP) is 1.97. The van der Waals surface area contributed by atoms with Crippen LogP contribution in [0.1, 0.15) is 25.3 Å². The number of hydrogen-bond acceptors (Lipinski definition) is 2. The molecule has 0 saturated carbocycles. The van der Waals surface area contributed by atoms with Crippen LogP contribution in [0.5, 0.6) is 0 Å². The molecule has 1 atom stereocenters. The van der Waals surface area contributed by atoms with E-state index in [2.05, 4.69) is 22.5 Å². The third kappa shape index (κ3) is 4.24. The maximum Gasteiger partial charge on any atom is 0.315 e. The Hall–Kier alpha value is -1.55. The molecule has 1 fully saturated rings. The van der Waals surface area contributed by atoms with Gasteiger partial charge >= 0.3 is 6.03 Å². The van der Waals surface area contributed by atoms with Gasteiger partial charge in [0.1, 0.15) is 0 Å². The molecule has 1 aromatic rings. The molecule has 1 saturated heterocycles. The summed E-state index contributed by atoms with van der Waals surface area (Å²) in [7, 11) is 0. The van der Waals surface area contributed by atoms with Gasteiger partial charge in [-0.3, -0.25) is 4.90 Å². The molecule has 2 amide bonds. The average Bonchev–Trinajstić information content (AvgIpc) is 2.91. The van der Waals surface area contributed by atoms with E-state index in [0.29, 0.717) is 12.6 Å². The third-order valence-electron chi connectivity index (χ3n) is 3.70. The molecule has 0 radical (unpaired) electrons. The molecule has 1 unspecified atom stereocenters. The molecular formula is C15H23N3O. The van der Waals surface area contributed by atoms with Crippen LogP contribution >= 0.6 is 0 Å². The van der Waals surface area contributed by atoms with Gasteiger partial charge in [-0.1, -0.05) is 37.3 Å². The van der Waals surface area contributed by atoms with Crippen LogP contribution in [0.25, 0.3) is 0 Å². The molecule has 4 nitrogen and oxygen atoms in total. The Balaban J connectivity index is 1.67. The smallest absolute Gasteiger partial charge is 0.315 e. The first-order valence-corrected chi connectivity index (χ1v) is 7.09. The van der Waals surface area contributed by atoms with Gasteiger partial charge in [-0.05, 0) is 31.5 Å². The molecular weight excluding hydrogens is 238 g/mol. The lowest BCUT2D eigenvalue weighted by Crippen LogP contribution is -2.43. The van der Waals surface area contributed by atoms with E-state index in [9.17, 15) is 4.79 Å². The monoisotopic (exact) mass is 261 g/mol. The summed E-state index contributed by atoms with van der Waals surface area (Å²) >= 11 is 0. The Morgan fingerprint density at radius 2 is 2.11 bits per heavy atom. The molecule has 0 aliphatic carbocycles. The van der Waals surface area contributed by atoms with Crippen LogP contribution in [-0.4, -0.2) is 36.6 Å². The summed E-state index contributed by atoms with van der Waals surface area (Å²) < 4.78 is 0. The van der Waals surface area contributed by atoms with E-state index in [1.807, 2.05) is 30.3 Å². The van der Waals surface area contributed by atoms with Crippen molar-refractivity contribution < 1.29 is 4.79 Å². The van der Waals surface area contributed by atoms with Gasteiger partial charge in [-0.25, -0.2) is 4.79 Å².